The van der Waals surface area contributed by atoms with Crippen LogP contribution in [0.2, 0.25) is 0 Å². The zero-order chi connectivity index (χ0) is 17.6. The topological polar surface area (TPSA) is 49.8 Å². The summed E-state index contributed by atoms with van der Waals surface area (Å²) in [6, 6.07) is 0. The largest absolute Gasteiger partial charge is 0.461 e. The number of hydrogen-bond donors (Lipinski definition) is 1. The fourth-order valence-electron chi connectivity index (χ4n) is 4.76. The van der Waals surface area contributed by atoms with E-state index < -0.39 is 5.60 Å². The molecule has 2 saturated carbocycles. The quantitative estimate of drug-likeness (QED) is 0.718. The summed E-state index contributed by atoms with van der Waals surface area (Å²) in [6.07, 6.45) is 9.26. The van der Waals surface area contributed by atoms with Crippen molar-refractivity contribution in [1.82, 2.24) is 4.90 Å². The molecule has 2 rings (SSSR count). The smallest absolute Gasteiger partial charge is 0.312 e. The summed E-state index contributed by atoms with van der Waals surface area (Å²) >= 11 is 0. The van der Waals surface area contributed by atoms with E-state index in [0.717, 1.165) is 58.2 Å². The van der Waals surface area contributed by atoms with Crippen LogP contribution in [0.25, 0.3) is 0 Å². The highest BCUT2D eigenvalue weighted by Crippen LogP contribution is 2.45. The van der Waals surface area contributed by atoms with Crippen LogP contribution in [0.5, 0.6) is 0 Å². The summed E-state index contributed by atoms with van der Waals surface area (Å²) in [4.78, 5) is 15.1. The van der Waals surface area contributed by atoms with Crippen LogP contribution in [-0.4, -0.2) is 47.3 Å². The fraction of sp³-hybridized carbons (Fsp3) is 0.950. The maximum Gasteiger partial charge on any atom is 0.312 e. The first-order valence-corrected chi connectivity index (χ1v) is 10.2. The van der Waals surface area contributed by atoms with Crippen molar-refractivity contribution in [3.63, 3.8) is 0 Å². The lowest BCUT2D eigenvalue weighted by molar-refractivity contribution is -0.176. The minimum absolute atomic E-state index is 0.116. The number of ether oxygens (including phenoxy) is 1. The van der Waals surface area contributed by atoms with Crippen LogP contribution < -0.4 is 0 Å². The number of aliphatic hydroxyl groups is 1. The Balaban J connectivity index is 1.99. The van der Waals surface area contributed by atoms with Crippen molar-refractivity contribution in [2.24, 2.45) is 11.8 Å². The van der Waals surface area contributed by atoms with E-state index in [1.807, 2.05) is 6.92 Å². The van der Waals surface area contributed by atoms with Crippen molar-refractivity contribution in [3.8, 4) is 0 Å². The van der Waals surface area contributed by atoms with Crippen molar-refractivity contribution in [2.75, 3.05) is 19.6 Å². The molecule has 140 valence electrons. The molecule has 0 aromatic rings. The Kier molecular flexibility index (Phi) is 7.55. The summed E-state index contributed by atoms with van der Waals surface area (Å²) in [7, 11) is 0. The lowest BCUT2D eigenvalue weighted by atomic mass is 9.64. The van der Waals surface area contributed by atoms with Gasteiger partial charge >= 0.3 is 5.97 Å². The second kappa shape index (κ2) is 9.19. The molecule has 0 radical (unpaired) electrons. The van der Waals surface area contributed by atoms with Crippen LogP contribution in [0.3, 0.4) is 0 Å². The van der Waals surface area contributed by atoms with E-state index in [1.54, 1.807) is 0 Å². The van der Waals surface area contributed by atoms with Crippen molar-refractivity contribution in [2.45, 2.75) is 90.3 Å². The van der Waals surface area contributed by atoms with Gasteiger partial charge < -0.3 is 14.7 Å². The molecular weight excluding hydrogens is 302 g/mol. The average Bonchev–Trinajstić information content (AvgIpc) is 2.60. The van der Waals surface area contributed by atoms with E-state index in [0.29, 0.717) is 0 Å². The Morgan fingerprint density at radius 3 is 2.38 bits per heavy atom. The molecule has 0 aromatic carbocycles. The number of likely N-dealkylation sites (N-methyl/N-ethyl adjacent to an activating group) is 1. The van der Waals surface area contributed by atoms with E-state index in [9.17, 15) is 9.90 Å². The molecule has 2 aliphatic rings. The lowest BCUT2D eigenvalue weighted by Gasteiger charge is -2.45. The SMILES string of the molecule is CCN(CC)C[C@H](C)OC(=O)[C@H]1CCCC[C@@]1(O)C1CCCCC1. The molecule has 0 aromatic heterocycles. The Labute approximate surface area is 147 Å². The molecule has 3 atom stereocenters. The first-order chi connectivity index (χ1) is 11.5. The average molecular weight is 340 g/mol. The number of carbonyl (C=O) groups is 1. The molecule has 0 saturated heterocycles. The molecule has 24 heavy (non-hydrogen) atoms. The Morgan fingerprint density at radius 1 is 1.12 bits per heavy atom. The highest BCUT2D eigenvalue weighted by molar-refractivity contribution is 5.74. The maximum atomic E-state index is 12.8. The van der Waals surface area contributed by atoms with Gasteiger partial charge in [-0.15, -0.1) is 0 Å². The molecule has 0 heterocycles. The molecule has 1 N–H and O–H groups in total. The normalized spacial score (nSPS) is 30.3. The number of carbonyl (C=O) groups excluding carboxylic acids is 1. The molecular formula is C20H37NO3. The predicted molar refractivity (Wildman–Crippen MR) is 96.8 cm³/mol. The first kappa shape index (κ1) is 19.7. The molecule has 4 heteroatoms. The molecule has 2 fully saturated rings. The van der Waals surface area contributed by atoms with Gasteiger partial charge in [-0.3, -0.25) is 4.79 Å². The summed E-state index contributed by atoms with van der Waals surface area (Å²) in [5.74, 6) is -0.210. The van der Waals surface area contributed by atoms with Gasteiger partial charge in [0.1, 0.15) is 6.10 Å². The number of esters is 1. The van der Waals surface area contributed by atoms with E-state index in [-0.39, 0.29) is 23.9 Å². The van der Waals surface area contributed by atoms with Crippen LogP contribution in [0.4, 0.5) is 0 Å². The summed E-state index contributed by atoms with van der Waals surface area (Å²) in [6.45, 7) is 8.93. The zero-order valence-corrected chi connectivity index (χ0v) is 15.9. The van der Waals surface area contributed by atoms with Crippen LogP contribution in [-0.2, 0) is 9.53 Å². The monoisotopic (exact) mass is 339 g/mol. The highest BCUT2D eigenvalue weighted by atomic mass is 16.5. The van der Waals surface area contributed by atoms with Gasteiger partial charge in [0, 0.05) is 6.54 Å². The Hall–Kier alpha value is -0.610. The van der Waals surface area contributed by atoms with Gasteiger partial charge in [0.05, 0.1) is 11.5 Å². The third kappa shape index (κ3) is 4.72. The summed E-state index contributed by atoms with van der Waals surface area (Å²) in [5, 5.41) is 11.4. The van der Waals surface area contributed by atoms with Crippen molar-refractivity contribution in [1.29, 1.82) is 0 Å². The molecule has 0 amide bonds. The molecule has 0 unspecified atom stereocenters. The number of hydrogen-bond acceptors (Lipinski definition) is 4. The second-order valence-electron chi connectivity index (χ2n) is 7.86. The van der Waals surface area contributed by atoms with Crippen LogP contribution in [0.15, 0.2) is 0 Å². The van der Waals surface area contributed by atoms with Gasteiger partial charge in [0.2, 0.25) is 0 Å². The van der Waals surface area contributed by atoms with Crippen molar-refractivity contribution in [3.05, 3.63) is 0 Å². The van der Waals surface area contributed by atoms with E-state index >= 15 is 0 Å². The summed E-state index contributed by atoms with van der Waals surface area (Å²) in [5.41, 5.74) is -0.829. The predicted octanol–water partition coefficient (Wildman–Crippen LogP) is 3.76. The molecule has 0 spiro atoms. The van der Waals surface area contributed by atoms with Gasteiger partial charge in [-0.25, -0.2) is 0 Å². The van der Waals surface area contributed by atoms with E-state index in [2.05, 4.69) is 18.7 Å². The maximum absolute atomic E-state index is 12.8. The van der Waals surface area contributed by atoms with Crippen LogP contribution in [0.1, 0.15) is 78.6 Å². The molecule has 0 aliphatic heterocycles. The number of nitrogens with zero attached hydrogens (tertiary/aromatic N) is 1. The van der Waals surface area contributed by atoms with Crippen LogP contribution in [0, 0.1) is 11.8 Å². The lowest BCUT2D eigenvalue weighted by Crippen LogP contribution is -2.52. The third-order valence-corrected chi connectivity index (χ3v) is 6.25. The van der Waals surface area contributed by atoms with Gasteiger partial charge in [-0.2, -0.15) is 0 Å². The van der Waals surface area contributed by atoms with Gasteiger partial charge in [0.25, 0.3) is 0 Å². The fourth-order valence-corrected chi connectivity index (χ4v) is 4.76. The highest BCUT2D eigenvalue weighted by Gasteiger charge is 2.49. The molecule has 2 aliphatic carbocycles. The second-order valence-corrected chi connectivity index (χ2v) is 7.86. The third-order valence-electron chi connectivity index (χ3n) is 6.25. The van der Waals surface area contributed by atoms with Crippen molar-refractivity contribution >= 4 is 5.97 Å². The molecule has 4 nitrogen and oxygen atoms in total. The van der Waals surface area contributed by atoms with Crippen molar-refractivity contribution < 1.29 is 14.6 Å². The standard InChI is InChI=1S/C20H37NO3/c1-4-21(5-2)15-16(3)24-19(22)18-13-9-10-14-20(18,23)17-11-7-6-8-12-17/h16-18,23H,4-15H2,1-3H3/t16-,18+,20+/m0/s1. The first-order valence-electron chi connectivity index (χ1n) is 10.2. The van der Waals surface area contributed by atoms with Gasteiger partial charge in [0.15, 0.2) is 0 Å². The molecule has 0 bridgehead atoms. The van der Waals surface area contributed by atoms with Gasteiger partial charge in [-0.1, -0.05) is 46.0 Å². The van der Waals surface area contributed by atoms with Crippen LogP contribution >= 0.6 is 0 Å². The Bertz CT molecular complexity index is 390. The minimum atomic E-state index is -0.829. The van der Waals surface area contributed by atoms with E-state index in [4.69, 9.17) is 4.74 Å². The number of rotatable bonds is 7. The van der Waals surface area contributed by atoms with E-state index in [1.165, 1.54) is 19.3 Å². The zero-order valence-electron chi connectivity index (χ0n) is 15.9. The summed E-state index contributed by atoms with van der Waals surface area (Å²) < 4.78 is 5.77. The van der Waals surface area contributed by atoms with Gasteiger partial charge in [-0.05, 0) is 51.6 Å². The minimum Gasteiger partial charge on any atom is -0.461 e. The Morgan fingerprint density at radius 2 is 1.75 bits per heavy atom.